The van der Waals surface area contributed by atoms with Gasteiger partial charge in [-0.3, -0.25) is 5.10 Å². The Kier molecular flexibility index (Phi) is 4.17. The molecule has 1 aromatic carbocycles. The predicted molar refractivity (Wildman–Crippen MR) is 80.5 cm³/mol. The van der Waals surface area contributed by atoms with E-state index in [4.69, 9.17) is 5.73 Å². The maximum atomic E-state index is 12.6. The summed E-state index contributed by atoms with van der Waals surface area (Å²) in [6.07, 6.45) is 3.25. The first-order chi connectivity index (χ1) is 9.32. The van der Waals surface area contributed by atoms with E-state index in [0.717, 1.165) is 5.56 Å². The van der Waals surface area contributed by atoms with Crippen molar-refractivity contribution in [1.29, 1.82) is 0 Å². The van der Waals surface area contributed by atoms with Crippen LogP contribution in [0, 0.1) is 6.92 Å². The maximum Gasteiger partial charge on any atom is 0.243 e. The van der Waals surface area contributed by atoms with Crippen molar-refractivity contribution in [2.45, 2.75) is 18.4 Å². The molecule has 20 heavy (non-hydrogen) atoms. The van der Waals surface area contributed by atoms with Crippen LogP contribution >= 0.6 is 15.9 Å². The van der Waals surface area contributed by atoms with E-state index in [1.54, 1.807) is 25.4 Å². The van der Waals surface area contributed by atoms with Crippen LogP contribution in [0.15, 0.2) is 33.9 Å². The predicted octanol–water partition coefficient (Wildman–Crippen LogP) is 1.88. The molecule has 108 valence electrons. The minimum atomic E-state index is -3.59. The number of rotatable bonds is 4. The maximum absolute atomic E-state index is 12.6. The van der Waals surface area contributed by atoms with Gasteiger partial charge in [0.25, 0.3) is 0 Å². The molecule has 2 aromatic rings. The summed E-state index contributed by atoms with van der Waals surface area (Å²) in [6, 6.07) is 3.18. The van der Waals surface area contributed by atoms with E-state index in [0.29, 0.717) is 15.7 Å². The number of hydrogen-bond acceptors (Lipinski definition) is 4. The largest absolute Gasteiger partial charge is 0.398 e. The van der Waals surface area contributed by atoms with Gasteiger partial charge in [-0.15, -0.1) is 0 Å². The van der Waals surface area contributed by atoms with Crippen LogP contribution in [0.1, 0.15) is 11.1 Å². The second-order valence-electron chi connectivity index (χ2n) is 4.51. The van der Waals surface area contributed by atoms with E-state index in [9.17, 15) is 8.42 Å². The highest BCUT2D eigenvalue weighted by Crippen LogP contribution is 2.28. The number of nitrogen functional groups attached to an aromatic ring is 1. The normalized spacial score (nSPS) is 12.0. The summed E-state index contributed by atoms with van der Waals surface area (Å²) in [5.41, 5.74) is 7.61. The molecule has 1 heterocycles. The number of nitrogens with two attached hydrogens (primary N) is 1. The minimum absolute atomic E-state index is 0.212. The fourth-order valence-electron chi connectivity index (χ4n) is 1.82. The monoisotopic (exact) mass is 358 g/mol. The smallest absolute Gasteiger partial charge is 0.243 e. The summed E-state index contributed by atoms with van der Waals surface area (Å²) in [6.45, 7) is 1.98. The number of nitrogens with zero attached hydrogens (tertiary/aromatic N) is 2. The van der Waals surface area contributed by atoms with E-state index < -0.39 is 10.0 Å². The third kappa shape index (κ3) is 2.87. The standard InChI is InChI=1S/C12H15BrN4O2S/c1-8-3-10(13)11(14)4-12(8)20(18,19)17(2)7-9-5-15-16-6-9/h3-6H,7,14H2,1-2H3,(H,15,16). The van der Waals surface area contributed by atoms with E-state index in [-0.39, 0.29) is 11.4 Å². The number of aromatic amines is 1. The first kappa shape index (κ1) is 15.0. The molecule has 0 fully saturated rings. The van der Waals surface area contributed by atoms with Crippen LogP contribution in [-0.2, 0) is 16.6 Å². The van der Waals surface area contributed by atoms with E-state index in [1.807, 2.05) is 0 Å². The summed E-state index contributed by atoms with van der Waals surface area (Å²) in [7, 11) is -2.07. The third-order valence-electron chi connectivity index (χ3n) is 2.94. The molecule has 0 aliphatic heterocycles. The van der Waals surface area contributed by atoms with Gasteiger partial charge in [0.05, 0.1) is 11.1 Å². The molecule has 1 aromatic heterocycles. The number of sulfonamides is 1. The first-order valence-electron chi connectivity index (χ1n) is 5.82. The Labute approximate surface area is 126 Å². The quantitative estimate of drug-likeness (QED) is 0.816. The Bertz CT molecular complexity index is 713. The van der Waals surface area contributed by atoms with Crippen molar-refractivity contribution in [3.8, 4) is 0 Å². The summed E-state index contributed by atoms with van der Waals surface area (Å²) in [4.78, 5) is 0.212. The zero-order chi connectivity index (χ0) is 14.9. The number of anilines is 1. The van der Waals surface area contributed by atoms with Gasteiger partial charge in [-0.2, -0.15) is 9.40 Å². The van der Waals surface area contributed by atoms with Gasteiger partial charge in [-0.25, -0.2) is 8.42 Å². The second kappa shape index (κ2) is 5.55. The van der Waals surface area contributed by atoms with E-state index in [1.165, 1.54) is 17.4 Å². The fraction of sp³-hybridized carbons (Fsp3) is 0.250. The summed E-state index contributed by atoms with van der Waals surface area (Å²) >= 11 is 3.29. The van der Waals surface area contributed by atoms with Crippen molar-refractivity contribution in [3.05, 3.63) is 40.1 Å². The van der Waals surface area contributed by atoms with Crippen LogP contribution in [0.2, 0.25) is 0 Å². The minimum Gasteiger partial charge on any atom is -0.398 e. The van der Waals surface area contributed by atoms with E-state index >= 15 is 0 Å². The molecule has 0 radical (unpaired) electrons. The molecule has 0 amide bonds. The molecule has 0 saturated heterocycles. The lowest BCUT2D eigenvalue weighted by atomic mass is 10.2. The van der Waals surface area contributed by atoms with E-state index in [2.05, 4.69) is 26.1 Å². The van der Waals surface area contributed by atoms with Gasteiger partial charge < -0.3 is 5.73 Å². The molecule has 0 aliphatic carbocycles. The molecule has 2 rings (SSSR count). The highest BCUT2D eigenvalue weighted by molar-refractivity contribution is 9.10. The van der Waals surface area contributed by atoms with Crippen molar-refractivity contribution in [2.24, 2.45) is 0 Å². The third-order valence-corrected chi connectivity index (χ3v) is 5.57. The Morgan fingerprint density at radius 3 is 2.75 bits per heavy atom. The van der Waals surface area contributed by atoms with Gasteiger partial charge in [0, 0.05) is 35.5 Å². The van der Waals surface area contributed by atoms with Crippen molar-refractivity contribution < 1.29 is 8.42 Å². The van der Waals surface area contributed by atoms with Crippen LogP contribution in [0.3, 0.4) is 0 Å². The fourth-order valence-corrected chi connectivity index (χ4v) is 3.67. The Morgan fingerprint density at radius 1 is 1.45 bits per heavy atom. The van der Waals surface area contributed by atoms with Crippen molar-refractivity contribution in [1.82, 2.24) is 14.5 Å². The van der Waals surface area contributed by atoms with Gasteiger partial charge in [-0.1, -0.05) is 0 Å². The van der Waals surface area contributed by atoms with Crippen molar-refractivity contribution in [3.63, 3.8) is 0 Å². The van der Waals surface area contributed by atoms with Crippen molar-refractivity contribution in [2.75, 3.05) is 12.8 Å². The van der Waals surface area contributed by atoms with Gasteiger partial charge in [0.2, 0.25) is 10.0 Å². The van der Waals surface area contributed by atoms with Gasteiger partial charge >= 0.3 is 0 Å². The molecule has 6 nitrogen and oxygen atoms in total. The summed E-state index contributed by atoms with van der Waals surface area (Å²) in [5, 5.41) is 6.46. The Hall–Kier alpha value is -1.38. The topological polar surface area (TPSA) is 92.1 Å². The molecular formula is C12H15BrN4O2S. The van der Waals surface area contributed by atoms with Crippen LogP contribution in [0.25, 0.3) is 0 Å². The summed E-state index contributed by atoms with van der Waals surface area (Å²) in [5.74, 6) is 0. The van der Waals surface area contributed by atoms with Gasteiger partial charge in [0.1, 0.15) is 0 Å². The second-order valence-corrected chi connectivity index (χ2v) is 7.37. The number of aromatic nitrogens is 2. The Morgan fingerprint density at radius 2 is 2.15 bits per heavy atom. The number of aryl methyl sites for hydroxylation is 1. The van der Waals surface area contributed by atoms with Crippen LogP contribution < -0.4 is 5.73 Å². The van der Waals surface area contributed by atoms with Crippen molar-refractivity contribution >= 4 is 31.6 Å². The zero-order valence-corrected chi connectivity index (χ0v) is 13.5. The van der Waals surface area contributed by atoms with Crippen LogP contribution in [-0.4, -0.2) is 30.0 Å². The molecule has 0 saturated carbocycles. The molecule has 0 spiro atoms. The van der Waals surface area contributed by atoms with Gasteiger partial charge in [-0.05, 0) is 40.5 Å². The molecule has 0 aliphatic rings. The number of H-pyrrole nitrogens is 1. The average Bonchev–Trinajstić information content (AvgIpc) is 2.86. The zero-order valence-electron chi connectivity index (χ0n) is 11.1. The molecule has 3 N–H and O–H groups in total. The highest BCUT2D eigenvalue weighted by atomic mass is 79.9. The molecular weight excluding hydrogens is 344 g/mol. The van der Waals surface area contributed by atoms with Crippen LogP contribution in [0.5, 0.6) is 0 Å². The number of benzene rings is 1. The number of nitrogens with one attached hydrogen (secondary N) is 1. The lowest BCUT2D eigenvalue weighted by Crippen LogP contribution is -2.27. The molecule has 0 atom stereocenters. The molecule has 0 unspecified atom stereocenters. The number of hydrogen-bond donors (Lipinski definition) is 2. The molecule has 8 heteroatoms. The van der Waals surface area contributed by atoms with Gasteiger partial charge in [0.15, 0.2) is 0 Å². The Balaban J connectivity index is 2.37. The average molecular weight is 359 g/mol. The first-order valence-corrected chi connectivity index (χ1v) is 8.05. The molecule has 0 bridgehead atoms. The highest BCUT2D eigenvalue weighted by Gasteiger charge is 2.24. The summed E-state index contributed by atoms with van der Waals surface area (Å²) < 4.78 is 27.1. The van der Waals surface area contributed by atoms with Crippen LogP contribution in [0.4, 0.5) is 5.69 Å². The lowest BCUT2D eigenvalue weighted by Gasteiger charge is -2.18. The number of halogens is 1. The SMILES string of the molecule is Cc1cc(Br)c(N)cc1S(=O)(=O)N(C)Cc1cn[nH]c1. The lowest BCUT2D eigenvalue weighted by molar-refractivity contribution is 0.466.